The summed E-state index contributed by atoms with van der Waals surface area (Å²) in [5.74, 6) is -1.98. The van der Waals surface area contributed by atoms with Crippen molar-refractivity contribution in [1.82, 2.24) is 9.97 Å². The van der Waals surface area contributed by atoms with Gasteiger partial charge in [0.1, 0.15) is 5.75 Å². The molecule has 33 heavy (non-hydrogen) atoms. The van der Waals surface area contributed by atoms with Crippen LogP contribution in [0.15, 0.2) is 66.7 Å². The van der Waals surface area contributed by atoms with Crippen molar-refractivity contribution in [2.75, 3.05) is 17.7 Å². The third-order valence-corrected chi connectivity index (χ3v) is 5.31. The number of aromatic nitrogens is 2. The van der Waals surface area contributed by atoms with Gasteiger partial charge in [0.2, 0.25) is 0 Å². The number of alkyl halides is 3. The molecule has 3 aromatic carbocycles. The van der Waals surface area contributed by atoms with Crippen LogP contribution < -0.4 is 15.4 Å². The van der Waals surface area contributed by atoms with Crippen molar-refractivity contribution in [3.8, 4) is 5.75 Å². The summed E-state index contributed by atoms with van der Waals surface area (Å²) in [7, 11) is 1.32. The Kier molecular flexibility index (Phi) is 4.81. The first-order valence-corrected chi connectivity index (χ1v) is 9.97. The molecule has 9 heteroatoms. The standard InChI is InChI=1S/C24H17F3N4O2/c1-33-19-12-13(10-11-18(19)31-23(32)24(25,26)27)28-20-14-6-2-4-8-16(14)29-21-15-7-3-5-9-17(15)30-22(20)21/h2-12,30H,1H3,(H,28,29)(H,31,32). The lowest BCUT2D eigenvalue weighted by molar-refractivity contribution is -0.167. The maximum absolute atomic E-state index is 12.6. The Labute approximate surface area is 185 Å². The van der Waals surface area contributed by atoms with E-state index < -0.39 is 12.1 Å². The molecule has 6 nitrogen and oxygen atoms in total. The highest BCUT2D eigenvalue weighted by molar-refractivity contribution is 6.16. The van der Waals surface area contributed by atoms with Crippen molar-refractivity contribution in [2.45, 2.75) is 6.18 Å². The molecule has 0 fully saturated rings. The Morgan fingerprint density at radius 3 is 2.48 bits per heavy atom. The van der Waals surface area contributed by atoms with Crippen molar-refractivity contribution in [3.05, 3.63) is 66.7 Å². The zero-order valence-electron chi connectivity index (χ0n) is 17.2. The Morgan fingerprint density at radius 2 is 1.73 bits per heavy atom. The number of pyridine rings is 1. The molecule has 5 aromatic rings. The topological polar surface area (TPSA) is 79.0 Å². The first kappa shape index (κ1) is 20.6. The van der Waals surface area contributed by atoms with E-state index in [9.17, 15) is 18.0 Å². The number of H-pyrrole nitrogens is 1. The quantitative estimate of drug-likeness (QED) is 0.308. The monoisotopic (exact) mass is 450 g/mol. The van der Waals surface area contributed by atoms with E-state index in [1.54, 1.807) is 6.07 Å². The second-order valence-corrected chi connectivity index (χ2v) is 7.39. The van der Waals surface area contributed by atoms with Crippen LogP contribution in [0.4, 0.5) is 30.2 Å². The van der Waals surface area contributed by atoms with Gasteiger partial charge in [0, 0.05) is 28.0 Å². The van der Waals surface area contributed by atoms with Crippen molar-refractivity contribution in [3.63, 3.8) is 0 Å². The number of nitrogens with zero attached hydrogens (tertiary/aromatic N) is 1. The molecule has 0 unspecified atom stereocenters. The average molecular weight is 450 g/mol. The molecule has 0 aliphatic carbocycles. The van der Waals surface area contributed by atoms with Crippen LogP contribution in [0.5, 0.6) is 5.75 Å². The lowest BCUT2D eigenvalue weighted by atomic mass is 10.1. The fourth-order valence-corrected chi connectivity index (χ4v) is 3.80. The van der Waals surface area contributed by atoms with Crippen LogP contribution in [0.1, 0.15) is 0 Å². The highest BCUT2D eigenvalue weighted by atomic mass is 19.4. The predicted octanol–water partition coefficient (Wildman–Crippen LogP) is 6.12. The number of ether oxygens (including phenoxy) is 1. The summed E-state index contributed by atoms with van der Waals surface area (Å²) in [5.41, 5.74) is 4.56. The van der Waals surface area contributed by atoms with Gasteiger partial charge in [-0.25, -0.2) is 4.98 Å². The van der Waals surface area contributed by atoms with E-state index in [1.165, 1.54) is 19.2 Å². The minimum atomic E-state index is -5.00. The van der Waals surface area contributed by atoms with Crippen molar-refractivity contribution in [2.24, 2.45) is 0 Å². The number of aromatic amines is 1. The van der Waals surface area contributed by atoms with E-state index >= 15 is 0 Å². The number of rotatable bonds is 4. The molecule has 0 spiro atoms. The van der Waals surface area contributed by atoms with Gasteiger partial charge in [-0.2, -0.15) is 13.2 Å². The van der Waals surface area contributed by atoms with Crippen LogP contribution in [0.2, 0.25) is 0 Å². The first-order chi connectivity index (χ1) is 15.8. The van der Waals surface area contributed by atoms with Crippen LogP contribution in [0.3, 0.4) is 0 Å². The normalized spacial score (nSPS) is 11.8. The average Bonchev–Trinajstić information content (AvgIpc) is 3.17. The van der Waals surface area contributed by atoms with Crippen molar-refractivity contribution in [1.29, 1.82) is 0 Å². The molecule has 3 N–H and O–H groups in total. The number of hydrogen-bond acceptors (Lipinski definition) is 4. The van der Waals surface area contributed by atoms with Gasteiger partial charge in [0.15, 0.2) is 0 Å². The number of nitrogens with one attached hydrogen (secondary N) is 3. The number of hydrogen-bond donors (Lipinski definition) is 3. The maximum atomic E-state index is 12.6. The smallest absolute Gasteiger partial charge is 0.471 e. The Bertz CT molecular complexity index is 1530. The SMILES string of the molecule is COc1cc(Nc2c3ccccc3nc3c2[nH]c2ccccc23)ccc1NC(=O)C(F)(F)F. The lowest BCUT2D eigenvalue weighted by Crippen LogP contribution is -2.30. The van der Waals surface area contributed by atoms with E-state index in [0.717, 1.165) is 38.5 Å². The molecule has 166 valence electrons. The summed E-state index contributed by atoms with van der Waals surface area (Å²) in [5, 5.41) is 7.03. The second-order valence-electron chi connectivity index (χ2n) is 7.39. The largest absolute Gasteiger partial charge is 0.494 e. The number of benzene rings is 3. The Balaban J connectivity index is 1.62. The molecule has 0 atom stereocenters. The summed E-state index contributed by atoms with van der Waals surface area (Å²) < 4.78 is 43.2. The molecule has 0 saturated heterocycles. The van der Waals surface area contributed by atoms with E-state index in [1.807, 2.05) is 53.8 Å². The number of methoxy groups -OCH3 is 1. The van der Waals surface area contributed by atoms with Gasteiger partial charge in [-0.15, -0.1) is 0 Å². The van der Waals surface area contributed by atoms with E-state index in [2.05, 4.69) is 10.3 Å². The summed E-state index contributed by atoms with van der Waals surface area (Å²) in [6, 6.07) is 19.9. The van der Waals surface area contributed by atoms with Crippen molar-refractivity contribution >= 4 is 55.8 Å². The van der Waals surface area contributed by atoms with Gasteiger partial charge in [-0.05, 0) is 24.3 Å². The number of amides is 1. The summed E-state index contributed by atoms with van der Waals surface area (Å²) in [6.07, 6.45) is -5.00. The Hall–Kier alpha value is -4.27. The summed E-state index contributed by atoms with van der Waals surface area (Å²) >= 11 is 0. The van der Waals surface area contributed by atoms with E-state index in [-0.39, 0.29) is 11.4 Å². The molecule has 0 bridgehead atoms. The van der Waals surface area contributed by atoms with Crippen LogP contribution in [0.25, 0.3) is 32.8 Å². The van der Waals surface area contributed by atoms with Gasteiger partial charge in [0.05, 0.1) is 35.0 Å². The molecule has 5 rings (SSSR count). The first-order valence-electron chi connectivity index (χ1n) is 9.97. The fourth-order valence-electron chi connectivity index (χ4n) is 3.80. The minimum absolute atomic E-state index is 0.0827. The van der Waals surface area contributed by atoms with Crippen LogP contribution in [0, 0.1) is 0 Å². The third kappa shape index (κ3) is 3.67. The molecule has 0 aliphatic rings. The highest BCUT2D eigenvalue weighted by Gasteiger charge is 2.39. The summed E-state index contributed by atoms with van der Waals surface area (Å²) in [6.45, 7) is 0. The number of anilines is 3. The number of para-hydroxylation sites is 2. The third-order valence-electron chi connectivity index (χ3n) is 5.31. The molecule has 2 aromatic heterocycles. The summed E-state index contributed by atoms with van der Waals surface area (Å²) in [4.78, 5) is 19.6. The zero-order chi connectivity index (χ0) is 23.2. The van der Waals surface area contributed by atoms with E-state index in [4.69, 9.17) is 9.72 Å². The molecule has 1 amide bonds. The van der Waals surface area contributed by atoms with Crippen LogP contribution in [-0.2, 0) is 4.79 Å². The number of carbonyl (C=O) groups excluding carboxylic acids is 1. The number of halogens is 3. The molecule has 0 radical (unpaired) electrons. The second kappa shape index (κ2) is 7.70. The Morgan fingerprint density at radius 1 is 1.00 bits per heavy atom. The molecule has 2 heterocycles. The van der Waals surface area contributed by atoms with Gasteiger partial charge >= 0.3 is 12.1 Å². The van der Waals surface area contributed by atoms with Gasteiger partial charge in [-0.1, -0.05) is 36.4 Å². The van der Waals surface area contributed by atoms with Crippen LogP contribution >= 0.6 is 0 Å². The highest BCUT2D eigenvalue weighted by Crippen LogP contribution is 2.37. The molecule has 0 saturated carbocycles. The fraction of sp³-hybridized carbons (Fsp3) is 0.0833. The lowest BCUT2D eigenvalue weighted by Gasteiger charge is -2.15. The maximum Gasteiger partial charge on any atom is 0.471 e. The van der Waals surface area contributed by atoms with Crippen LogP contribution in [-0.4, -0.2) is 29.2 Å². The minimum Gasteiger partial charge on any atom is -0.494 e. The van der Waals surface area contributed by atoms with Crippen molar-refractivity contribution < 1.29 is 22.7 Å². The van der Waals surface area contributed by atoms with Gasteiger partial charge in [-0.3, -0.25) is 4.79 Å². The number of carbonyl (C=O) groups is 1. The molecule has 0 aliphatic heterocycles. The van der Waals surface area contributed by atoms with Gasteiger partial charge < -0.3 is 20.4 Å². The molecular formula is C24H17F3N4O2. The predicted molar refractivity (Wildman–Crippen MR) is 122 cm³/mol. The van der Waals surface area contributed by atoms with Gasteiger partial charge in [0.25, 0.3) is 0 Å². The molecular weight excluding hydrogens is 433 g/mol. The zero-order valence-corrected chi connectivity index (χ0v) is 17.2. The van der Waals surface area contributed by atoms with E-state index in [0.29, 0.717) is 5.69 Å². The number of fused-ring (bicyclic) bond motifs is 4.